The maximum absolute atomic E-state index is 4.35. The van der Waals surface area contributed by atoms with Gasteiger partial charge in [0.25, 0.3) is 5.17 Å². The summed E-state index contributed by atoms with van der Waals surface area (Å²) in [6, 6.07) is 0. The number of thioether (sulfide) groups is 1. The van der Waals surface area contributed by atoms with E-state index < -0.39 is 0 Å². The highest BCUT2D eigenvalue weighted by Gasteiger charge is 2.14. The highest BCUT2D eigenvalue weighted by molar-refractivity contribution is 8.14. The van der Waals surface area contributed by atoms with E-state index in [1.807, 2.05) is 42.1 Å². The van der Waals surface area contributed by atoms with E-state index in [2.05, 4.69) is 9.56 Å². The van der Waals surface area contributed by atoms with Crippen molar-refractivity contribution in [3.63, 3.8) is 0 Å². The second kappa shape index (κ2) is 2.70. The molecule has 0 saturated carbocycles. The molecule has 0 radical (unpaired) electrons. The summed E-state index contributed by atoms with van der Waals surface area (Å²) in [5.41, 5.74) is 0. The normalized spacial score (nSPS) is 17.0. The number of hydrogen-bond donors (Lipinski definition) is 0. The van der Waals surface area contributed by atoms with E-state index in [4.69, 9.17) is 0 Å². The fraction of sp³-hybridized carbons (Fsp3) is 0.429. The van der Waals surface area contributed by atoms with Gasteiger partial charge in [0.15, 0.2) is 0 Å². The number of rotatable bonds is 0. The lowest BCUT2D eigenvalue weighted by atomic mass is 10.8. The third-order valence-corrected chi connectivity index (χ3v) is 2.54. The predicted molar refractivity (Wildman–Crippen MR) is 45.8 cm³/mol. The van der Waals surface area contributed by atoms with Crippen molar-refractivity contribution in [3.05, 3.63) is 18.7 Å². The molecule has 1 aromatic heterocycles. The van der Waals surface area contributed by atoms with Crippen molar-refractivity contribution < 1.29 is 4.57 Å². The van der Waals surface area contributed by atoms with Crippen molar-refractivity contribution in [3.8, 4) is 0 Å². The van der Waals surface area contributed by atoms with Gasteiger partial charge in [0, 0.05) is 5.75 Å². The Morgan fingerprint density at radius 3 is 3.18 bits per heavy atom. The second-order valence-electron chi connectivity index (χ2n) is 2.50. The summed E-state index contributed by atoms with van der Waals surface area (Å²) in [4.78, 5) is 4.35. The minimum absolute atomic E-state index is 0.960. The number of aryl methyl sites for hydroxylation is 1. The minimum atomic E-state index is 0.960. The summed E-state index contributed by atoms with van der Waals surface area (Å²) in [5.74, 6) is 1.12. The van der Waals surface area contributed by atoms with Gasteiger partial charge in [-0.3, -0.25) is 0 Å². The van der Waals surface area contributed by atoms with Crippen LogP contribution in [0.3, 0.4) is 0 Å². The minimum Gasteiger partial charge on any atom is -0.240 e. The second-order valence-corrected chi connectivity index (χ2v) is 3.56. The average Bonchev–Trinajstić information content (AvgIpc) is 2.55. The standard InChI is InChI=1S/C7H10N3S/c1-9-3-4-10(6-9)7-8-2-5-11-7/h3-4,6H,2,5H2,1H3/q+1. The quantitative estimate of drug-likeness (QED) is 0.509. The average molecular weight is 168 g/mol. The van der Waals surface area contributed by atoms with Crippen molar-refractivity contribution in [2.45, 2.75) is 0 Å². The fourth-order valence-electron chi connectivity index (χ4n) is 1.04. The summed E-state index contributed by atoms with van der Waals surface area (Å²) in [5, 5.41) is 1.12. The topological polar surface area (TPSA) is 21.2 Å². The van der Waals surface area contributed by atoms with Crippen LogP contribution >= 0.6 is 11.8 Å². The van der Waals surface area contributed by atoms with Gasteiger partial charge in [-0.05, 0) is 0 Å². The molecule has 0 N–H and O–H groups in total. The summed E-state index contributed by atoms with van der Waals surface area (Å²) in [7, 11) is 2.01. The van der Waals surface area contributed by atoms with Crippen molar-refractivity contribution in [2.24, 2.45) is 12.0 Å². The van der Waals surface area contributed by atoms with Crippen LogP contribution in [0, 0.1) is 0 Å². The van der Waals surface area contributed by atoms with E-state index in [0.29, 0.717) is 0 Å². The molecule has 58 valence electrons. The van der Waals surface area contributed by atoms with Crippen LogP contribution in [0.1, 0.15) is 0 Å². The van der Waals surface area contributed by atoms with Gasteiger partial charge in [0.1, 0.15) is 12.4 Å². The molecular weight excluding hydrogens is 158 g/mol. The fourth-order valence-corrected chi connectivity index (χ4v) is 1.85. The zero-order valence-electron chi connectivity index (χ0n) is 6.40. The first-order valence-electron chi connectivity index (χ1n) is 3.57. The number of aromatic nitrogens is 2. The van der Waals surface area contributed by atoms with Crippen molar-refractivity contribution >= 4 is 16.9 Å². The van der Waals surface area contributed by atoms with E-state index in [0.717, 1.165) is 17.5 Å². The van der Waals surface area contributed by atoms with Gasteiger partial charge in [0.2, 0.25) is 6.33 Å². The van der Waals surface area contributed by atoms with Crippen LogP contribution in [0.5, 0.6) is 0 Å². The molecule has 1 aromatic rings. The molecule has 1 aliphatic rings. The molecular formula is C7H10N3S+. The summed E-state index contributed by atoms with van der Waals surface area (Å²) >= 11 is 1.81. The Morgan fingerprint density at radius 1 is 1.73 bits per heavy atom. The van der Waals surface area contributed by atoms with Gasteiger partial charge in [-0.15, -0.1) is 0 Å². The highest BCUT2D eigenvalue weighted by atomic mass is 32.2. The lowest BCUT2D eigenvalue weighted by Crippen LogP contribution is -2.24. The molecule has 0 saturated heterocycles. The Bertz CT molecular complexity index is 290. The molecule has 11 heavy (non-hydrogen) atoms. The SMILES string of the molecule is C[n+]1ccn(C2=NCCS2)c1. The molecule has 0 amide bonds. The largest absolute Gasteiger partial charge is 0.256 e. The van der Waals surface area contributed by atoms with Crippen LogP contribution in [0.2, 0.25) is 0 Å². The van der Waals surface area contributed by atoms with E-state index in [9.17, 15) is 0 Å². The molecule has 0 unspecified atom stereocenters. The number of hydrogen-bond acceptors (Lipinski definition) is 2. The van der Waals surface area contributed by atoms with Gasteiger partial charge >= 0.3 is 0 Å². The Hall–Kier alpha value is -0.770. The molecule has 0 fully saturated rings. The number of nitrogens with zero attached hydrogens (tertiary/aromatic N) is 3. The van der Waals surface area contributed by atoms with Gasteiger partial charge < -0.3 is 0 Å². The van der Waals surface area contributed by atoms with Crippen LogP contribution < -0.4 is 4.57 Å². The van der Waals surface area contributed by atoms with Crippen molar-refractivity contribution in [1.82, 2.24) is 4.57 Å². The molecule has 0 aliphatic carbocycles. The van der Waals surface area contributed by atoms with E-state index in [1.165, 1.54) is 0 Å². The molecule has 0 atom stereocenters. The smallest absolute Gasteiger partial charge is 0.240 e. The number of aliphatic imine (C=N–C) groups is 1. The Kier molecular flexibility index (Phi) is 1.69. The van der Waals surface area contributed by atoms with Gasteiger partial charge in [-0.2, -0.15) is 4.57 Å². The predicted octanol–water partition coefficient (Wildman–Crippen LogP) is 0.263. The van der Waals surface area contributed by atoms with Crippen LogP contribution in [0.15, 0.2) is 23.7 Å². The molecule has 4 heteroatoms. The molecule has 1 aliphatic heterocycles. The van der Waals surface area contributed by atoms with E-state index >= 15 is 0 Å². The van der Waals surface area contributed by atoms with E-state index in [-0.39, 0.29) is 0 Å². The summed E-state index contributed by atoms with van der Waals surface area (Å²) in [6.07, 6.45) is 6.07. The first kappa shape index (κ1) is 6.91. The molecule has 0 spiro atoms. The zero-order chi connectivity index (χ0) is 7.68. The van der Waals surface area contributed by atoms with E-state index in [1.54, 1.807) is 0 Å². The third-order valence-electron chi connectivity index (χ3n) is 1.56. The summed E-state index contributed by atoms with van der Waals surface area (Å²) < 4.78 is 4.07. The Balaban J connectivity index is 2.28. The van der Waals surface area contributed by atoms with Gasteiger partial charge in [-0.1, -0.05) is 11.8 Å². The Morgan fingerprint density at radius 2 is 2.64 bits per heavy atom. The van der Waals surface area contributed by atoms with Crippen LogP contribution in [0.4, 0.5) is 0 Å². The third kappa shape index (κ3) is 1.30. The molecule has 3 nitrogen and oxygen atoms in total. The number of imidazole rings is 1. The summed E-state index contributed by atoms with van der Waals surface area (Å²) in [6.45, 7) is 0.960. The van der Waals surface area contributed by atoms with Gasteiger partial charge in [-0.25, -0.2) is 9.56 Å². The first-order valence-corrected chi connectivity index (χ1v) is 4.56. The zero-order valence-corrected chi connectivity index (χ0v) is 7.21. The van der Waals surface area contributed by atoms with Crippen LogP contribution in [-0.4, -0.2) is 22.0 Å². The maximum atomic E-state index is 4.35. The molecule has 0 aromatic carbocycles. The highest BCUT2D eigenvalue weighted by Crippen LogP contribution is 2.12. The Labute approximate surface area is 69.8 Å². The maximum Gasteiger partial charge on any atom is 0.256 e. The monoisotopic (exact) mass is 168 g/mol. The molecule has 2 rings (SSSR count). The lowest BCUT2D eigenvalue weighted by molar-refractivity contribution is -0.670. The lowest BCUT2D eigenvalue weighted by Gasteiger charge is -1.88. The molecule has 2 heterocycles. The van der Waals surface area contributed by atoms with Crippen molar-refractivity contribution in [1.29, 1.82) is 0 Å². The van der Waals surface area contributed by atoms with Crippen molar-refractivity contribution in [2.75, 3.05) is 12.3 Å². The first-order chi connectivity index (χ1) is 5.36. The van der Waals surface area contributed by atoms with Crippen LogP contribution in [-0.2, 0) is 7.05 Å². The van der Waals surface area contributed by atoms with Gasteiger partial charge in [0.05, 0.1) is 13.6 Å². The molecule has 0 bridgehead atoms. The van der Waals surface area contributed by atoms with Crippen LogP contribution in [0.25, 0.3) is 0 Å².